The Bertz CT molecular complexity index is 145. The lowest BCUT2D eigenvalue weighted by Gasteiger charge is -2.14. The van der Waals surface area contributed by atoms with Gasteiger partial charge < -0.3 is 9.64 Å². The third-order valence-corrected chi connectivity index (χ3v) is 1.49. The fourth-order valence-corrected chi connectivity index (χ4v) is 0.855. The summed E-state index contributed by atoms with van der Waals surface area (Å²) in [6.45, 7) is 7.69. The number of hydrogen-bond acceptors (Lipinski definition) is 3. The second-order valence-electron chi connectivity index (χ2n) is 2.67. The van der Waals surface area contributed by atoms with Crippen LogP contribution < -0.4 is 0 Å². The monoisotopic (exact) mass is 171 g/mol. The zero-order chi connectivity index (χ0) is 9.40. The molecule has 0 saturated heterocycles. The number of likely N-dealkylation sites (N-methyl/N-ethyl adjacent to an activating group) is 1. The van der Waals surface area contributed by atoms with Crippen LogP contribution >= 0.6 is 0 Å². The summed E-state index contributed by atoms with van der Waals surface area (Å²) in [6, 6.07) is 0. The molecule has 12 heavy (non-hydrogen) atoms. The summed E-state index contributed by atoms with van der Waals surface area (Å²) >= 11 is 0. The van der Waals surface area contributed by atoms with Crippen LogP contribution in [0.25, 0.3) is 0 Å². The van der Waals surface area contributed by atoms with Gasteiger partial charge in [0, 0.05) is 12.6 Å². The summed E-state index contributed by atoms with van der Waals surface area (Å²) in [5, 5.41) is 0. The molecule has 0 aliphatic heterocycles. The van der Waals surface area contributed by atoms with Crippen molar-refractivity contribution in [2.24, 2.45) is 0 Å². The zero-order valence-electron chi connectivity index (χ0n) is 7.88. The molecule has 0 heterocycles. The Morgan fingerprint density at radius 3 is 2.75 bits per heavy atom. The first kappa shape index (κ1) is 11.2. The average Bonchev–Trinajstić information content (AvgIpc) is 2.04. The van der Waals surface area contributed by atoms with Crippen LogP contribution in [0.5, 0.6) is 0 Å². The van der Waals surface area contributed by atoms with Crippen LogP contribution in [0.3, 0.4) is 0 Å². The van der Waals surface area contributed by atoms with Crippen molar-refractivity contribution in [3.8, 4) is 0 Å². The summed E-state index contributed by atoms with van der Waals surface area (Å²) < 4.78 is 4.81. The van der Waals surface area contributed by atoms with Gasteiger partial charge in [0.1, 0.15) is 6.61 Å². The SMILES string of the molecule is C=CC(=O)OCCN(C)CCC. The van der Waals surface area contributed by atoms with E-state index < -0.39 is 0 Å². The molecular weight excluding hydrogens is 154 g/mol. The van der Waals surface area contributed by atoms with Crippen LogP contribution in [0.1, 0.15) is 13.3 Å². The predicted octanol–water partition coefficient (Wildman–Crippen LogP) is 1.06. The summed E-state index contributed by atoms with van der Waals surface area (Å²) in [4.78, 5) is 12.7. The van der Waals surface area contributed by atoms with Gasteiger partial charge in [0.05, 0.1) is 0 Å². The molecule has 0 spiro atoms. The van der Waals surface area contributed by atoms with E-state index in [0.29, 0.717) is 6.61 Å². The Hall–Kier alpha value is -0.830. The highest BCUT2D eigenvalue weighted by atomic mass is 16.5. The number of hydrogen-bond donors (Lipinski definition) is 0. The number of carbonyl (C=O) groups is 1. The minimum Gasteiger partial charge on any atom is -0.461 e. The molecule has 70 valence electrons. The van der Waals surface area contributed by atoms with E-state index in [-0.39, 0.29) is 5.97 Å². The largest absolute Gasteiger partial charge is 0.461 e. The van der Waals surface area contributed by atoms with Gasteiger partial charge in [0.25, 0.3) is 0 Å². The third-order valence-electron chi connectivity index (χ3n) is 1.49. The second kappa shape index (κ2) is 6.85. The van der Waals surface area contributed by atoms with Gasteiger partial charge in [-0.2, -0.15) is 0 Å². The molecular formula is C9H17NO2. The van der Waals surface area contributed by atoms with Crippen molar-refractivity contribution in [1.82, 2.24) is 4.90 Å². The molecule has 0 N–H and O–H groups in total. The normalized spacial score (nSPS) is 9.92. The average molecular weight is 171 g/mol. The van der Waals surface area contributed by atoms with Crippen LogP contribution in [0, 0.1) is 0 Å². The molecule has 3 heteroatoms. The number of rotatable bonds is 6. The minimum atomic E-state index is -0.347. The first-order valence-corrected chi connectivity index (χ1v) is 4.18. The first-order valence-electron chi connectivity index (χ1n) is 4.18. The van der Waals surface area contributed by atoms with Crippen molar-refractivity contribution < 1.29 is 9.53 Å². The third kappa shape index (κ3) is 5.92. The standard InChI is InChI=1S/C9H17NO2/c1-4-6-10(3)7-8-12-9(11)5-2/h5H,2,4,6-8H2,1,3H3. The van der Waals surface area contributed by atoms with E-state index in [1.54, 1.807) is 0 Å². The molecule has 0 radical (unpaired) electrons. The topological polar surface area (TPSA) is 29.5 Å². The van der Waals surface area contributed by atoms with Crippen LogP contribution in [0.15, 0.2) is 12.7 Å². The van der Waals surface area contributed by atoms with Gasteiger partial charge in [-0.1, -0.05) is 13.5 Å². The van der Waals surface area contributed by atoms with Gasteiger partial charge >= 0.3 is 5.97 Å². The molecule has 0 rings (SSSR count). The quantitative estimate of drug-likeness (QED) is 0.442. The molecule has 0 unspecified atom stereocenters. The summed E-state index contributed by atoms with van der Waals surface area (Å²) in [5.74, 6) is -0.347. The molecule has 0 aliphatic carbocycles. The molecule has 0 aromatic heterocycles. The number of ether oxygens (including phenoxy) is 1. The van der Waals surface area contributed by atoms with Crippen molar-refractivity contribution >= 4 is 5.97 Å². The maximum atomic E-state index is 10.6. The van der Waals surface area contributed by atoms with Gasteiger partial charge in [-0.3, -0.25) is 0 Å². The number of esters is 1. The molecule has 0 saturated carbocycles. The van der Waals surface area contributed by atoms with E-state index in [9.17, 15) is 4.79 Å². The Balaban J connectivity index is 3.30. The lowest BCUT2D eigenvalue weighted by Crippen LogP contribution is -2.24. The Kier molecular flexibility index (Phi) is 6.38. The maximum absolute atomic E-state index is 10.6. The number of nitrogens with zero attached hydrogens (tertiary/aromatic N) is 1. The molecule has 0 aromatic rings. The van der Waals surface area contributed by atoms with Crippen LogP contribution in [0.4, 0.5) is 0 Å². The van der Waals surface area contributed by atoms with E-state index >= 15 is 0 Å². The van der Waals surface area contributed by atoms with Crippen molar-refractivity contribution in [2.75, 3.05) is 26.7 Å². The molecule has 0 amide bonds. The van der Waals surface area contributed by atoms with E-state index in [4.69, 9.17) is 4.74 Å². The van der Waals surface area contributed by atoms with Crippen molar-refractivity contribution in [2.45, 2.75) is 13.3 Å². The van der Waals surface area contributed by atoms with E-state index in [1.807, 2.05) is 7.05 Å². The van der Waals surface area contributed by atoms with Crippen molar-refractivity contribution in [3.63, 3.8) is 0 Å². The molecule has 0 bridgehead atoms. The highest BCUT2D eigenvalue weighted by molar-refractivity contribution is 5.81. The van der Waals surface area contributed by atoms with Gasteiger partial charge in [-0.25, -0.2) is 4.79 Å². The summed E-state index contributed by atoms with van der Waals surface area (Å²) in [7, 11) is 2.01. The maximum Gasteiger partial charge on any atom is 0.330 e. The highest BCUT2D eigenvalue weighted by Crippen LogP contribution is 1.87. The first-order chi connectivity index (χ1) is 5.70. The highest BCUT2D eigenvalue weighted by Gasteiger charge is 1.98. The second-order valence-corrected chi connectivity index (χ2v) is 2.67. The zero-order valence-corrected chi connectivity index (χ0v) is 7.88. The lowest BCUT2D eigenvalue weighted by atomic mass is 10.4. The van der Waals surface area contributed by atoms with Crippen LogP contribution in [-0.4, -0.2) is 37.6 Å². The fraction of sp³-hybridized carbons (Fsp3) is 0.667. The fourth-order valence-electron chi connectivity index (χ4n) is 0.855. The Labute approximate surface area is 74.0 Å². The van der Waals surface area contributed by atoms with Gasteiger partial charge in [0.15, 0.2) is 0 Å². The van der Waals surface area contributed by atoms with Crippen LogP contribution in [0.2, 0.25) is 0 Å². The van der Waals surface area contributed by atoms with Crippen LogP contribution in [-0.2, 0) is 9.53 Å². The lowest BCUT2D eigenvalue weighted by molar-refractivity contribution is -0.138. The Morgan fingerprint density at radius 2 is 2.25 bits per heavy atom. The molecule has 0 fully saturated rings. The molecule has 3 nitrogen and oxygen atoms in total. The van der Waals surface area contributed by atoms with Crippen molar-refractivity contribution in [1.29, 1.82) is 0 Å². The minimum absolute atomic E-state index is 0.347. The number of carbonyl (C=O) groups excluding carboxylic acids is 1. The van der Waals surface area contributed by atoms with E-state index in [2.05, 4.69) is 18.4 Å². The van der Waals surface area contributed by atoms with E-state index in [1.165, 1.54) is 6.08 Å². The van der Waals surface area contributed by atoms with Gasteiger partial charge in [-0.15, -0.1) is 0 Å². The molecule has 0 atom stereocenters. The Morgan fingerprint density at radius 1 is 1.58 bits per heavy atom. The summed E-state index contributed by atoms with van der Waals surface area (Å²) in [6.07, 6.45) is 2.30. The molecule has 0 aliphatic rings. The van der Waals surface area contributed by atoms with Gasteiger partial charge in [0.2, 0.25) is 0 Å². The van der Waals surface area contributed by atoms with Gasteiger partial charge in [-0.05, 0) is 20.0 Å². The van der Waals surface area contributed by atoms with Crippen molar-refractivity contribution in [3.05, 3.63) is 12.7 Å². The summed E-state index contributed by atoms with van der Waals surface area (Å²) in [5.41, 5.74) is 0. The molecule has 0 aromatic carbocycles. The predicted molar refractivity (Wildman–Crippen MR) is 48.9 cm³/mol. The van der Waals surface area contributed by atoms with E-state index in [0.717, 1.165) is 19.5 Å². The smallest absolute Gasteiger partial charge is 0.330 e.